The van der Waals surface area contributed by atoms with Crippen LogP contribution >= 0.6 is 0 Å². The highest BCUT2D eigenvalue weighted by atomic mass is 16.2. The van der Waals surface area contributed by atoms with E-state index in [0.717, 1.165) is 6.42 Å². The number of anilines is 1. The molecule has 0 radical (unpaired) electrons. The number of fused-ring (bicyclic) bond motifs is 3. The Hall–Kier alpha value is -2.37. The fourth-order valence-corrected chi connectivity index (χ4v) is 3.61. The Morgan fingerprint density at radius 3 is 2.79 bits per heavy atom. The Labute approximate surface area is 141 Å². The van der Waals surface area contributed by atoms with E-state index in [4.69, 9.17) is 0 Å². The summed E-state index contributed by atoms with van der Waals surface area (Å²) in [5, 5.41) is 2.83. The second-order valence-corrected chi connectivity index (χ2v) is 6.52. The van der Waals surface area contributed by atoms with Gasteiger partial charge in [0, 0.05) is 25.9 Å². The van der Waals surface area contributed by atoms with Gasteiger partial charge in [0.05, 0.1) is 11.3 Å². The van der Waals surface area contributed by atoms with E-state index in [1.54, 1.807) is 21.9 Å². The van der Waals surface area contributed by atoms with Crippen molar-refractivity contribution in [3.05, 3.63) is 29.8 Å². The van der Waals surface area contributed by atoms with E-state index in [-0.39, 0.29) is 24.1 Å². The van der Waals surface area contributed by atoms with Crippen LogP contribution in [-0.4, -0.2) is 41.4 Å². The summed E-state index contributed by atoms with van der Waals surface area (Å²) >= 11 is 0. The first-order valence-electron chi connectivity index (χ1n) is 8.50. The number of carbonyl (C=O) groups excluding carboxylic acids is 3. The summed E-state index contributed by atoms with van der Waals surface area (Å²) in [5.41, 5.74) is 0.520. The number of benzene rings is 1. The Kier molecular flexibility index (Phi) is 4.30. The van der Waals surface area contributed by atoms with Crippen molar-refractivity contribution in [2.45, 2.75) is 45.2 Å². The number of amides is 3. The predicted molar refractivity (Wildman–Crippen MR) is 90.5 cm³/mol. The topological polar surface area (TPSA) is 69.7 Å². The summed E-state index contributed by atoms with van der Waals surface area (Å²) < 4.78 is 0. The lowest BCUT2D eigenvalue weighted by Crippen LogP contribution is -2.62. The van der Waals surface area contributed by atoms with Gasteiger partial charge >= 0.3 is 0 Å². The molecule has 1 aromatic carbocycles. The van der Waals surface area contributed by atoms with Gasteiger partial charge in [-0.2, -0.15) is 0 Å². The SMILES string of the molecule is CCCNC(=O)CCN1C(=O)c2ccccc2N2C(=O)CCC12C. The third-order valence-corrected chi connectivity index (χ3v) is 4.88. The second-order valence-electron chi connectivity index (χ2n) is 6.52. The van der Waals surface area contributed by atoms with Crippen LogP contribution in [0.25, 0.3) is 0 Å². The van der Waals surface area contributed by atoms with Crippen LogP contribution in [0, 0.1) is 0 Å². The van der Waals surface area contributed by atoms with Gasteiger partial charge in [0.1, 0.15) is 5.66 Å². The number of hydrogen-bond donors (Lipinski definition) is 1. The molecular weight excluding hydrogens is 306 g/mol. The molecule has 0 saturated carbocycles. The standard InChI is InChI=1S/C18H23N3O3/c1-3-11-19-15(22)9-12-20-17(24)13-6-4-5-7-14(13)21-16(23)8-10-18(20,21)2/h4-7H,3,8-12H2,1-2H3,(H,19,22). The van der Waals surface area contributed by atoms with Gasteiger partial charge in [-0.15, -0.1) is 0 Å². The third kappa shape index (κ3) is 2.56. The van der Waals surface area contributed by atoms with Crippen LogP contribution < -0.4 is 10.2 Å². The number of rotatable bonds is 5. The molecule has 2 aliphatic rings. The van der Waals surface area contributed by atoms with Gasteiger partial charge in [-0.25, -0.2) is 0 Å². The molecule has 1 fully saturated rings. The molecule has 1 aromatic rings. The Bertz CT molecular complexity index is 688. The molecule has 0 aromatic heterocycles. The Morgan fingerprint density at radius 2 is 2.04 bits per heavy atom. The minimum Gasteiger partial charge on any atom is -0.356 e. The van der Waals surface area contributed by atoms with Gasteiger partial charge in [0.2, 0.25) is 11.8 Å². The monoisotopic (exact) mass is 329 g/mol. The van der Waals surface area contributed by atoms with Crippen LogP contribution in [0.2, 0.25) is 0 Å². The van der Waals surface area contributed by atoms with Crippen LogP contribution in [0.4, 0.5) is 5.69 Å². The molecule has 6 heteroatoms. The molecule has 1 N–H and O–H groups in total. The Morgan fingerprint density at radius 1 is 1.29 bits per heavy atom. The van der Waals surface area contributed by atoms with E-state index < -0.39 is 5.66 Å². The highest BCUT2D eigenvalue weighted by molar-refractivity contribution is 6.10. The molecular formula is C18H23N3O3. The summed E-state index contributed by atoms with van der Waals surface area (Å²) in [6.45, 7) is 4.85. The fraction of sp³-hybridized carbons (Fsp3) is 0.500. The first-order chi connectivity index (χ1) is 11.5. The molecule has 6 nitrogen and oxygen atoms in total. The molecule has 24 heavy (non-hydrogen) atoms. The Balaban J connectivity index is 1.88. The van der Waals surface area contributed by atoms with E-state index >= 15 is 0 Å². The number of nitrogens with one attached hydrogen (secondary N) is 1. The van der Waals surface area contributed by atoms with E-state index in [1.165, 1.54) is 0 Å². The second kappa shape index (κ2) is 6.26. The molecule has 1 atom stereocenters. The van der Waals surface area contributed by atoms with Crippen molar-refractivity contribution in [3.63, 3.8) is 0 Å². The zero-order valence-electron chi connectivity index (χ0n) is 14.2. The van der Waals surface area contributed by atoms with Crippen molar-refractivity contribution in [1.29, 1.82) is 0 Å². The summed E-state index contributed by atoms with van der Waals surface area (Å²) in [6.07, 6.45) is 2.12. The maximum absolute atomic E-state index is 13.0. The van der Waals surface area contributed by atoms with Crippen LogP contribution in [-0.2, 0) is 9.59 Å². The zero-order valence-corrected chi connectivity index (χ0v) is 14.2. The van der Waals surface area contributed by atoms with Gasteiger partial charge in [-0.05, 0) is 31.9 Å². The third-order valence-electron chi connectivity index (χ3n) is 4.88. The molecule has 2 aliphatic heterocycles. The van der Waals surface area contributed by atoms with Gasteiger partial charge in [-0.3, -0.25) is 19.3 Å². The summed E-state index contributed by atoms with van der Waals surface area (Å²) in [5.74, 6) is -0.150. The van der Waals surface area contributed by atoms with Crippen molar-refractivity contribution >= 4 is 23.4 Å². The molecule has 128 valence electrons. The number of hydrogen-bond acceptors (Lipinski definition) is 3. The number of para-hydroxylation sites is 1. The molecule has 1 unspecified atom stereocenters. The van der Waals surface area contributed by atoms with Crippen molar-refractivity contribution < 1.29 is 14.4 Å². The van der Waals surface area contributed by atoms with Crippen molar-refractivity contribution in [1.82, 2.24) is 10.2 Å². The van der Waals surface area contributed by atoms with E-state index in [9.17, 15) is 14.4 Å². The maximum atomic E-state index is 13.0. The molecule has 0 aliphatic carbocycles. The summed E-state index contributed by atoms with van der Waals surface area (Å²) in [4.78, 5) is 40.7. The van der Waals surface area contributed by atoms with Gasteiger partial charge in [0.25, 0.3) is 5.91 Å². The van der Waals surface area contributed by atoms with Crippen LogP contribution in [0.5, 0.6) is 0 Å². The lowest BCUT2D eigenvalue weighted by atomic mass is 9.98. The molecule has 0 bridgehead atoms. The van der Waals surface area contributed by atoms with E-state index in [0.29, 0.717) is 37.2 Å². The van der Waals surface area contributed by atoms with E-state index in [2.05, 4.69) is 5.32 Å². The molecule has 1 saturated heterocycles. The largest absolute Gasteiger partial charge is 0.356 e. The van der Waals surface area contributed by atoms with Gasteiger partial charge in [-0.1, -0.05) is 19.1 Å². The van der Waals surface area contributed by atoms with Crippen molar-refractivity contribution in [2.24, 2.45) is 0 Å². The highest BCUT2D eigenvalue weighted by Crippen LogP contribution is 2.43. The van der Waals surface area contributed by atoms with Gasteiger partial charge < -0.3 is 10.2 Å². The van der Waals surface area contributed by atoms with Crippen molar-refractivity contribution in [2.75, 3.05) is 18.0 Å². The number of nitrogens with zero attached hydrogens (tertiary/aromatic N) is 2. The normalized spacial score (nSPS) is 22.4. The average molecular weight is 329 g/mol. The lowest BCUT2D eigenvalue weighted by molar-refractivity contribution is -0.121. The first-order valence-corrected chi connectivity index (χ1v) is 8.50. The average Bonchev–Trinajstić information content (AvgIpc) is 2.88. The predicted octanol–water partition coefficient (Wildman–Crippen LogP) is 1.90. The van der Waals surface area contributed by atoms with E-state index in [1.807, 2.05) is 26.0 Å². The van der Waals surface area contributed by atoms with Crippen molar-refractivity contribution in [3.8, 4) is 0 Å². The molecule has 2 heterocycles. The minimum absolute atomic E-state index is 0.0258. The molecule has 3 rings (SSSR count). The van der Waals surface area contributed by atoms with Crippen LogP contribution in [0.3, 0.4) is 0 Å². The first kappa shape index (κ1) is 16.5. The number of carbonyl (C=O) groups is 3. The molecule has 0 spiro atoms. The zero-order chi connectivity index (χ0) is 17.3. The quantitative estimate of drug-likeness (QED) is 0.897. The van der Waals surface area contributed by atoms with Crippen LogP contribution in [0.15, 0.2) is 24.3 Å². The summed E-state index contributed by atoms with van der Waals surface area (Å²) in [6, 6.07) is 7.20. The highest BCUT2D eigenvalue weighted by Gasteiger charge is 2.52. The smallest absolute Gasteiger partial charge is 0.257 e. The summed E-state index contributed by atoms with van der Waals surface area (Å²) in [7, 11) is 0. The maximum Gasteiger partial charge on any atom is 0.257 e. The van der Waals surface area contributed by atoms with Crippen LogP contribution in [0.1, 0.15) is 49.9 Å². The fourth-order valence-electron chi connectivity index (χ4n) is 3.61. The minimum atomic E-state index is -0.687. The lowest BCUT2D eigenvalue weighted by Gasteiger charge is -2.48. The van der Waals surface area contributed by atoms with Gasteiger partial charge in [0.15, 0.2) is 0 Å². The molecule has 3 amide bonds.